The van der Waals surface area contributed by atoms with Gasteiger partial charge < -0.3 is 15.5 Å². The second kappa shape index (κ2) is 10.1. The minimum atomic E-state index is -0.488. The average molecular weight is 425 g/mol. The van der Waals surface area contributed by atoms with Crippen molar-refractivity contribution in [3.05, 3.63) is 69.8 Å². The van der Waals surface area contributed by atoms with Crippen LogP contribution in [-0.2, 0) is 0 Å². The van der Waals surface area contributed by atoms with E-state index in [2.05, 4.69) is 15.5 Å². The first-order valence-corrected chi connectivity index (χ1v) is 10.6. The lowest BCUT2D eigenvalue weighted by atomic mass is 10.0. The van der Waals surface area contributed by atoms with Crippen molar-refractivity contribution in [2.45, 2.75) is 45.2 Å². The maximum atomic E-state index is 12.7. The summed E-state index contributed by atoms with van der Waals surface area (Å²) >= 11 is 0. The molecule has 2 N–H and O–H groups in total. The van der Waals surface area contributed by atoms with Crippen LogP contribution in [0.3, 0.4) is 0 Å². The van der Waals surface area contributed by atoms with Gasteiger partial charge in [-0.2, -0.15) is 0 Å². The highest BCUT2D eigenvalue weighted by molar-refractivity contribution is 6.00. The highest BCUT2D eigenvalue weighted by Crippen LogP contribution is 2.25. The maximum Gasteiger partial charge on any atom is 0.269 e. The van der Waals surface area contributed by atoms with Crippen LogP contribution in [0.25, 0.3) is 0 Å². The van der Waals surface area contributed by atoms with E-state index in [9.17, 15) is 19.7 Å². The fraction of sp³-hybridized carbons (Fsp3) is 0.391. The summed E-state index contributed by atoms with van der Waals surface area (Å²) in [4.78, 5) is 37.6. The molecule has 3 rings (SSSR count). The lowest BCUT2D eigenvalue weighted by molar-refractivity contribution is -0.384. The molecule has 31 heavy (non-hydrogen) atoms. The summed E-state index contributed by atoms with van der Waals surface area (Å²) in [5.41, 5.74) is 1.93. The van der Waals surface area contributed by atoms with Gasteiger partial charge in [0.15, 0.2) is 0 Å². The second-order valence-corrected chi connectivity index (χ2v) is 7.84. The number of para-hydroxylation sites is 1. The number of nitro groups is 1. The summed E-state index contributed by atoms with van der Waals surface area (Å²) in [5.74, 6) is -0.305. The molecule has 1 heterocycles. The lowest BCUT2D eigenvalue weighted by Gasteiger charge is -2.35. The van der Waals surface area contributed by atoms with Crippen molar-refractivity contribution in [2.24, 2.45) is 0 Å². The van der Waals surface area contributed by atoms with Gasteiger partial charge in [0.05, 0.1) is 10.5 Å². The molecule has 2 aromatic rings. The number of carbonyl (C=O) groups is 2. The molecule has 0 saturated carbocycles. The highest BCUT2D eigenvalue weighted by Gasteiger charge is 2.24. The third-order valence-corrected chi connectivity index (χ3v) is 5.65. The van der Waals surface area contributed by atoms with Gasteiger partial charge in [0.25, 0.3) is 17.5 Å². The number of amides is 2. The van der Waals surface area contributed by atoms with Crippen LogP contribution in [0.5, 0.6) is 0 Å². The third kappa shape index (κ3) is 5.59. The molecule has 8 heteroatoms. The van der Waals surface area contributed by atoms with Crippen molar-refractivity contribution >= 4 is 23.2 Å². The Balaban J connectivity index is 1.59. The predicted molar refractivity (Wildman–Crippen MR) is 119 cm³/mol. The third-order valence-electron chi connectivity index (χ3n) is 5.65. The molecule has 164 valence electrons. The standard InChI is InChI=1S/C23H28N4O4/c1-3-16(2)24-23(29)20-6-4-5-7-21(20)26-14-12-18(13-15-26)25-22(28)17-8-10-19(11-9-17)27(30)31/h4-11,16,18H,3,12-15H2,1-2H3,(H,24,29)(H,25,28). The molecule has 0 spiro atoms. The van der Waals surface area contributed by atoms with E-state index < -0.39 is 4.92 Å². The molecule has 2 amide bonds. The number of nitrogens with zero attached hydrogens (tertiary/aromatic N) is 2. The number of nitro benzene ring substituents is 1. The molecular formula is C23H28N4O4. The Labute approximate surface area is 181 Å². The maximum absolute atomic E-state index is 12.7. The molecule has 1 aliphatic rings. The van der Waals surface area contributed by atoms with Gasteiger partial charge in [-0.3, -0.25) is 19.7 Å². The monoisotopic (exact) mass is 424 g/mol. The molecule has 8 nitrogen and oxygen atoms in total. The van der Waals surface area contributed by atoms with Gasteiger partial charge in [-0.1, -0.05) is 19.1 Å². The fourth-order valence-corrected chi connectivity index (χ4v) is 3.61. The minimum absolute atomic E-state index is 0.0139. The average Bonchev–Trinajstić information content (AvgIpc) is 2.79. The van der Waals surface area contributed by atoms with Crippen molar-refractivity contribution in [2.75, 3.05) is 18.0 Å². The summed E-state index contributed by atoms with van der Waals surface area (Å²) in [6, 6.07) is 13.3. The van der Waals surface area contributed by atoms with E-state index in [0.29, 0.717) is 11.1 Å². The molecular weight excluding hydrogens is 396 g/mol. The van der Waals surface area contributed by atoms with Crippen LogP contribution in [0.1, 0.15) is 53.8 Å². The molecule has 0 aromatic heterocycles. The zero-order chi connectivity index (χ0) is 22.4. The van der Waals surface area contributed by atoms with Crippen LogP contribution in [0, 0.1) is 10.1 Å². The highest BCUT2D eigenvalue weighted by atomic mass is 16.6. The number of benzene rings is 2. The number of hydrogen-bond donors (Lipinski definition) is 2. The SMILES string of the molecule is CCC(C)NC(=O)c1ccccc1N1CCC(NC(=O)c2ccc([N+](=O)[O-])cc2)CC1. The Hall–Kier alpha value is -3.42. The van der Waals surface area contributed by atoms with E-state index in [-0.39, 0.29) is 29.6 Å². The van der Waals surface area contributed by atoms with Crippen molar-refractivity contribution in [1.82, 2.24) is 10.6 Å². The summed E-state index contributed by atoms with van der Waals surface area (Å²) in [7, 11) is 0. The van der Waals surface area contributed by atoms with E-state index in [1.54, 1.807) is 0 Å². The first-order valence-electron chi connectivity index (χ1n) is 10.6. The van der Waals surface area contributed by atoms with Gasteiger partial charge in [0, 0.05) is 48.6 Å². The van der Waals surface area contributed by atoms with Crippen molar-refractivity contribution < 1.29 is 14.5 Å². The lowest BCUT2D eigenvalue weighted by Crippen LogP contribution is -2.45. The normalized spacial score (nSPS) is 15.2. The summed E-state index contributed by atoms with van der Waals surface area (Å²) in [5, 5.41) is 16.8. The quantitative estimate of drug-likeness (QED) is 0.523. The fourth-order valence-electron chi connectivity index (χ4n) is 3.61. The molecule has 1 aliphatic heterocycles. The number of piperidine rings is 1. The first kappa shape index (κ1) is 22.3. The van der Waals surface area contributed by atoms with Crippen LogP contribution in [0.4, 0.5) is 11.4 Å². The smallest absolute Gasteiger partial charge is 0.269 e. The van der Waals surface area contributed by atoms with Gasteiger partial charge in [-0.05, 0) is 50.5 Å². The Morgan fingerprint density at radius 1 is 1.10 bits per heavy atom. The van der Waals surface area contributed by atoms with Gasteiger partial charge in [-0.25, -0.2) is 0 Å². The van der Waals surface area contributed by atoms with Crippen LogP contribution >= 0.6 is 0 Å². The minimum Gasteiger partial charge on any atom is -0.371 e. The first-order chi connectivity index (χ1) is 14.9. The number of anilines is 1. The topological polar surface area (TPSA) is 105 Å². The number of rotatable bonds is 7. The number of carbonyl (C=O) groups excluding carboxylic acids is 2. The van der Waals surface area contributed by atoms with Crippen LogP contribution < -0.4 is 15.5 Å². The van der Waals surface area contributed by atoms with E-state index >= 15 is 0 Å². The molecule has 1 unspecified atom stereocenters. The van der Waals surface area contributed by atoms with Crippen LogP contribution in [0.2, 0.25) is 0 Å². The molecule has 0 radical (unpaired) electrons. The van der Waals surface area contributed by atoms with Crippen LogP contribution in [0.15, 0.2) is 48.5 Å². The zero-order valence-corrected chi connectivity index (χ0v) is 17.8. The van der Waals surface area contributed by atoms with Gasteiger partial charge in [-0.15, -0.1) is 0 Å². The number of non-ortho nitro benzene ring substituents is 1. The van der Waals surface area contributed by atoms with Crippen LogP contribution in [-0.4, -0.2) is 41.9 Å². The molecule has 1 atom stereocenters. The van der Waals surface area contributed by atoms with E-state index in [1.807, 2.05) is 38.1 Å². The van der Waals surface area contributed by atoms with Crippen molar-refractivity contribution in [3.8, 4) is 0 Å². The molecule has 0 bridgehead atoms. The van der Waals surface area contributed by atoms with Gasteiger partial charge in [0.2, 0.25) is 0 Å². The molecule has 1 saturated heterocycles. The number of hydrogen-bond acceptors (Lipinski definition) is 5. The Kier molecular flexibility index (Phi) is 7.23. The largest absolute Gasteiger partial charge is 0.371 e. The Morgan fingerprint density at radius 3 is 2.35 bits per heavy atom. The van der Waals surface area contributed by atoms with E-state index in [4.69, 9.17) is 0 Å². The zero-order valence-electron chi connectivity index (χ0n) is 17.8. The predicted octanol–water partition coefficient (Wildman–Crippen LogP) is 3.52. The van der Waals surface area contributed by atoms with Gasteiger partial charge >= 0.3 is 0 Å². The number of nitrogens with one attached hydrogen (secondary N) is 2. The van der Waals surface area contributed by atoms with E-state index in [1.165, 1.54) is 24.3 Å². The van der Waals surface area contributed by atoms with E-state index in [0.717, 1.165) is 38.0 Å². The molecule has 2 aromatic carbocycles. The summed E-state index contributed by atoms with van der Waals surface area (Å²) < 4.78 is 0. The van der Waals surface area contributed by atoms with Gasteiger partial charge in [0.1, 0.15) is 0 Å². The summed E-state index contributed by atoms with van der Waals surface area (Å²) in [6.45, 7) is 5.46. The summed E-state index contributed by atoms with van der Waals surface area (Å²) in [6.07, 6.45) is 2.37. The molecule has 1 fully saturated rings. The van der Waals surface area contributed by atoms with Crippen molar-refractivity contribution in [1.29, 1.82) is 0 Å². The second-order valence-electron chi connectivity index (χ2n) is 7.84. The van der Waals surface area contributed by atoms with Crippen molar-refractivity contribution in [3.63, 3.8) is 0 Å². The molecule has 0 aliphatic carbocycles. The Bertz CT molecular complexity index is 937. The Morgan fingerprint density at radius 2 is 1.74 bits per heavy atom.